The van der Waals surface area contributed by atoms with E-state index in [0.29, 0.717) is 17.8 Å². The zero-order valence-electron chi connectivity index (χ0n) is 14.1. The number of amides is 1. The predicted octanol–water partition coefficient (Wildman–Crippen LogP) is 3.35. The monoisotopic (exact) mass is 349 g/mol. The van der Waals surface area contributed by atoms with Crippen LogP contribution in [0.1, 0.15) is 34.8 Å². The molecule has 26 heavy (non-hydrogen) atoms. The van der Waals surface area contributed by atoms with Crippen LogP contribution in [0.3, 0.4) is 0 Å². The fraction of sp³-hybridized carbons (Fsp3) is 0.250. The van der Waals surface area contributed by atoms with Crippen molar-refractivity contribution in [2.24, 2.45) is 0 Å². The van der Waals surface area contributed by atoms with E-state index >= 15 is 0 Å². The molecule has 2 aromatic carbocycles. The number of aromatic hydroxyl groups is 2. The second-order valence-electron chi connectivity index (χ2n) is 7.01. The Morgan fingerprint density at radius 1 is 1.15 bits per heavy atom. The van der Waals surface area contributed by atoms with Gasteiger partial charge in [0.2, 0.25) is 0 Å². The molecule has 132 valence electrons. The zero-order chi connectivity index (χ0) is 17.8. The van der Waals surface area contributed by atoms with Crippen LogP contribution in [0, 0.1) is 0 Å². The molecule has 1 saturated heterocycles. The van der Waals surface area contributed by atoms with Crippen LogP contribution in [0.5, 0.6) is 11.5 Å². The topological polar surface area (TPSA) is 88.6 Å². The van der Waals surface area contributed by atoms with E-state index in [9.17, 15) is 15.0 Å². The Kier molecular flexibility index (Phi) is 3.16. The molecule has 2 aliphatic rings. The van der Waals surface area contributed by atoms with Gasteiger partial charge in [-0.05, 0) is 25.0 Å². The molecule has 4 N–H and O–H groups in total. The lowest BCUT2D eigenvalue weighted by Gasteiger charge is -2.29. The first kappa shape index (κ1) is 15.1. The SMILES string of the molecule is O=C1c2cc(O)cc(O)c2NC(c2c[nH]c3ccccc23)C2CCCN12. The molecule has 0 bridgehead atoms. The molecule has 2 unspecified atom stereocenters. The highest BCUT2D eigenvalue weighted by molar-refractivity contribution is 6.03. The summed E-state index contributed by atoms with van der Waals surface area (Å²) in [5.74, 6) is -0.374. The largest absolute Gasteiger partial charge is 0.508 e. The summed E-state index contributed by atoms with van der Waals surface area (Å²) in [5.41, 5.74) is 2.82. The minimum absolute atomic E-state index is 0.00403. The molecule has 5 rings (SSSR count). The maximum atomic E-state index is 13.1. The van der Waals surface area contributed by atoms with Gasteiger partial charge in [-0.3, -0.25) is 4.79 Å². The average Bonchev–Trinajstić information content (AvgIpc) is 3.25. The zero-order valence-corrected chi connectivity index (χ0v) is 14.1. The van der Waals surface area contributed by atoms with Crippen molar-refractivity contribution in [2.45, 2.75) is 24.9 Å². The molecule has 6 nitrogen and oxygen atoms in total. The smallest absolute Gasteiger partial charge is 0.256 e. The van der Waals surface area contributed by atoms with Crippen molar-refractivity contribution in [3.8, 4) is 11.5 Å². The van der Waals surface area contributed by atoms with Gasteiger partial charge in [0.05, 0.1) is 23.3 Å². The Labute approximate surface area is 150 Å². The quantitative estimate of drug-likeness (QED) is 0.401. The number of phenolic OH excluding ortho intramolecular Hbond substituents is 2. The molecule has 1 amide bonds. The minimum atomic E-state index is -0.149. The van der Waals surface area contributed by atoms with Crippen molar-refractivity contribution < 1.29 is 15.0 Å². The van der Waals surface area contributed by atoms with Gasteiger partial charge in [-0.2, -0.15) is 0 Å². The second-order valence-corrected chi connectivity index (χ2v) is 7.01. The predicted molar refractivity (Wildman–Crippen MR) is 98.5 cm³/mol. The molecule has 2 aliphatic heterocycles. The lowest BCUT2D eigenvalue weighted by Crippen LogP contribution is -2.38. The van der Waals surface area contributed by atoms with Crippen molar-refractivity contribution >= 4 is 22.5 Å². The minimum Gasteiger partial charge on any atom is -0.508 e. The van der Waals surface area contributed by atoms with E-state index in [1.165, 1.54) is 12.1 Å². The Hall–Kier alpha value is -3.15. The highest BCUT2D eigenvalue weighted by Crippen LogP contribution is 2.43. The van der Waals surface area contributed by atoms with Gasteiger partial charge in [0.25, 0.3) is 5.91 Å². The van der Waals surface area contributed by atoms with Crippen LogP contribution >= 0.6 is 0 Å². The number of fused-ring (bicyclic) bond motifs is 3. The summed E-state index contributed by atoms with van der Waals surface area (Å²) in [6.07, 6.45) is 3.81. The number of carbonyl (C=O) groups excluding carboxylic acids is 1. The first-order valence-corrected chi connectivity index (χ1v) is 8.83. The number of phenols is 2. The molecule has 0 spiro atoms. The molecule has 3 aromatic rings. The van der Waals surface area contributed by atoms with E-state index < -0.39 is 0 Å². The van der Waals surface area contributed by atoms with Crippen LogP contribution in [0.15, 0.2) is 42.6 Å². The average molecular weight is 349 g/mol. The van der Waals surface area contributed by atoms with Crippen molar-refractivity contribution in [3.05, 3.63) is 53.7 Å². The number of para-hydroxylation sites is 1. The fourth-order valence-corrected chi connectivity index (χ4v) is 4.37. The summed E-state index contributed by atoms with van der Waals surface area (Å²) < 4.78 is 0. The summed E-state index contributed by atoms with van der Waals surface area (Å²) in [6, 6.07) is 10.6. The summed E-state index contributed by atoms with van der Waals surface area (Å²) in [4.78, 5) is 18.2. The molecule has 1 fully saturated rings. The van der Waals surface area contributed by atoms with Crippen molar-refractivity contribution in [1.29, 1.82) is 0 Å². The molecule has 0 saturated carbocycles. The Bertz CT molecular complexity index is 1030. The van der Waals surface area contributed by atoms with E-state index in [-0.39, 0.29) is 29.5 Å². The normalized spacial score (nSPS) is 22.0. The lowest BCUT2D eigenvalue weighted by molar-refractivity contribution is 0.0731. The molecule has 2 atom stereocenters. The van der Waals surface area contributed by atoms with Gasteiger partial charge in [0.15, 0.2) is 0 Å². The van der Waals surface area contributed by atoms with Gasteiger partial charge in [0.1, 0.15) is 11.5 Å². The van der Waals surface area contributed by atoms with E-state index in [1.807, 2.05) is 29.3 Å². The molecule has 6 heteroatoms. The van der Waals surface area contributed by atoms with E-state index in [4.69, 9.17) is 0 Å². The number of nitrogens with zero attached hydrogens (tertiary/aromatic N) is 1. The Morgan fingerprint density at radius 3 is 2.88 bits per heavy atom. The summed E-state index contributed by atoms with van der Waals surface area (Å²) >= 11 is 0. The molecular formula is C20H19N3O3. The van der Waals surface area contributed by atoms with Crippen LogP contribution in [0.4, 0.5) is 5.69 Å². The van der Waals surface area contributed by atoms with Gasteiger partial charge < -0.3 is 25.4 Å². The summed E-state index contributed by atoms with van der Waals surface area (Å²) in [5, 5.41) is 24.7. The van der Waals surface area contributed by atoms with Gasteiger partial charge in [0, 0.05) is 35.3 Å². The number of carbonyl (C=O) groups is 1. The number of hydrogen-bond donors (Lipinski definition) is 4. The van der Waals surface area contributed by atoms with E-state index in [0.717, 1.165) is 29.3 Å². The second kappa shape index (κ2) is 5.42. The summed E-state index contributed by atoms with van der Waals surface area (Å²) in [7, 11) is 0. The molecule has 3 heterocycles. The number of aromatic amines is 1. The third kappa shape index (κ3) is 2.08. The third-order valence-electron chi connectivity index (χ3n) is 5.53. The van der Waals surface area contributed by atoms with E-state index in [1.54, 1.807) is 0 Å². The van der Waals surface area contributed by atoms with Crippen molar-refractivity contribution in [3.63, 3.8) is 0 Å². The van der Waals surface area contributed by atoms with Crippen LogP contribution in [0.2, 0.25) is 0 Å². The van der Waals surface area contributed by atoms with Crippen LogP contribution in [0.25, 0.3) is 10.9 Å². The molecule has 0 aliphatic carbocycles. The molecule has 1 aromatic heterocycles. The number of nitrogens with one attached hydrogen (secondary N) is 2. The number of hydrogen-bond acceptors (Lipinski definition) is 4. The van der Waals surface area contributed by atoms with Crippen LogP contribution in [-0.4, -0.2) is 38.6 Å². The number of rotatable bonds is 1. The van der Waals surface area contributed by atoms with Gasteiger partial charge in [-0.15, -0.1) is 0 Å². The van der Waals surface area contributed by atoms with E-state index in [2.05, 4.69) is 16.4 Å². The number of benzene rings is 2. The van der Waals surface area contributed by atoms with Gasteiger partial charge >= 0.3 is 0 Å². The molecular weight excluding hydrogens is 330 g/mol. The lowest BCUT2D eigenvalue weighted by atomic mass is 9.97. The van der Waals surface area contributed by atoms with Gasteiger partial charge in [-0.25, -0.2) is 0 Å². The Morgan fingerprint density at radius 2 is 2.00 bits per heavy atom. The van der Waals surface area contributed by atoms with Gasteiger partial charge in [-0.1, -0.05) is 18.2 Å². The number of aromatic nitrogens is 1. The standard InChI is InChI=1S/C20H19N3O3/c24-11-8-13-19(17(25)9-11)22-18(16-6-3-7-23(16)20(13)26)14-10-21-15-5-2-1-4-12(14)15/h1-2,4-5,8-10,16,18,21-22,24-25H,3,6-7H2. The van der Waals surface area contributed by atoms with Crippen molar-refractivity contribution in [1.82, 2.24) is 9.88 Å². The maximum absolute atomic E-state index is 13.1. The van der Waals surface area contributed by atoms with Crippen LogP contribution in [-0.2, 0) is 0 Å². The first-order valence-electron chi connectivity index (χ1n) is 8.83. The maximum Gasteiger partial charge on any atom is 0.256 e. The fourth-order valence-electron chi connectivity index (χ4n) is 4.37. The highest BCUT2D eigenvalue weighted by atomic mass is 16.3. The number of anilines is 1. The Balaban J connectivity index is 1.71. The third-order valence-corrected chi connectivity index (χ3v) is 5.53. The summed E-state index contributed by atoms with van der Waals surface area (Å²) in [6.45, 7) is 0.680. The highest BCUT2D eigenvalue weighted by Gasteiger charge is 2.41. The number of H-pyrrole nitrogens is 1. The van der Waals surface area contributed by atoms with Crippen molar-refractivity contribution in [2.75, 3.05) is 11.9 Å². The first-order chi connectivity index (χ1) is 12.6. The molecule has 0 radical (unpaired) electrons. The van der Waals surface area contributed by atoms with Crippen LogP contribution < -0.4 is 5.32 Å².